The first-order valence-electron chi connectivity index (χ1n) is 16.0. The predicted octanol–water partition coefficient (Wildman–Crippen LogP) is 5.40. The van der Waals surface area contributed by atoms with Crippen LogP contribution in [-0.4, -0.2) is 61.0 Å². The van der Waals surface area contributed by atoms with Crippen LogP contribution in [0.15, 0.2) is 84.9 Å². The highest BCUT2D eigenvalue weighted by Gasteiger charge is 2.26. The van der Waals surface area contributed by atoms with Crippen molar-refractivity contribution in [1.82, 2.24) is 10.2 Å². The number of hydrogen-bond donors (Lipinski definition) is 4. The summed E-state index contributed by atoms with van der Waals surface area (Å²) in [7, 11) is 0. The molecule has 2 fully saturated rings. The van der Waals surface area contributed by atoms with Crippen molar-refractivity contribution in [3.63, 3.8) is 0 Å². The Bertz CT molecular complexity index is 1450. The highest BCUT2D eigenvalue weighted by molar-refractivity contribution is 6.04. The maximum absolute atomic E-state index is 13.0. The van der Waals surface area contributed by atoms with Crippen LogP contribution in [0, 0.1) is 0 Å². The van der Waals surface area contributed by atoms with E-state index in [1.807, 2.05) is 72.8 Å². The minimum absolute atomic E-state index is 0.266. The number of primary amides is 1. The molecule has 1 atom stereocenters. The van der Waals surface area contributed by atoms with Gasteiger partial charge in [-0.25, -0.2) is 4.79 Å². The number of amides is 4. The molecule has 0 radical (unpaired) electrons. The third kappa shape index (κ3) is 9.43. The van der Waals surface area contributed by atoms with Crippen LogP contribution in [-0.2, 0) is 16.0 Å². The van der Waals surface area contributed by atoms with Crippen LogP contribution >= 0.6 is 0 Å². The number of benzene rings is 3. The first-order chi connectivity index (χ1) is 21.9. The predicted molar refractivity (Wildman–Crippen MR) is 181 cm³/mol. The SMILES string of the molecule is NC(=O)C(CCc1ccccc1)NC(=O)Nc1ccc(N2CCN(C3CCCCC3)CC2)c(NC(=O)/C=C/c2ccccc2)c1. The van der Waals surface area contributed by atoms with E-state index in [4.69, 9.17) is 5.73 Å². The van der Waals surface area contributed by atoms with E-state index in [1.54, 1.807) is 12.1 Å². The van der Waals surface area contributed by atoms with Crippen LogP contribution in [0.2, 0.25) is 0 Å². The van der Waals surface area contributed by atoms with Gasteiger partial charge in [0.2, 0.25) is 11.8 Å². The molecule has 9 heteroatoms. The average Bonchev–Trinajstić information content (AvgIpc) is 3.07. The van der Waals surface area contributed by atoms with Crippen molar-refractivity contribution in [2.45, 2.75) is 57.0 Å². The topological polar surface area (TPSA) is 120 Å². The molecule has 1 unspecified atom stereocenters. The lowest BCUT2D eigenvalue weighted by molar-refractivity contribution is -0.120. The zero-order valence-corrected chi connectivity index (χ0v) is 25.8. The molecule has 1 aliphatic heterocycles. The van der Waals surface area contributed by atoms with Gasteiger partial charge in [0, 0.05) is 44.0 Å². The first-order valence-corrected chi connectivity index (χ1v) is 16.0. The van der Waals surface area contributed by atoms with Gasteiger partial charge in [0.15, 0.2) is 0 Å². The van der Waals surface area contributed by atoms with Crippen molar-refractivity contribution in [3.05, 3.63) is 96.1 Å². The number of carbonyl (C=O) groups excluding carboxylic acids is 3. The van der Waals surface area contributed by atoms with E-state index in [-0.39, 0.29) is 5.91 Å². The monoisotopic (exact) mass is 608 g/mol. The number of urea groups is 1. The van der Waals surface area contributed by atoms with E-state index in [0.29, 0.717) is 30.3 Å². The minimum Gasteiger partial charge on any atom is -0.368 e. The number of nitrogens with two attached hydrogens (primary N) is 1. The minimum atomic E-state index is -0.827. The number of carbonyl (C=O) groups is 3. The fraction of sp³-hybridized carbons (Fsp3) is 0.361. The fourth-order valence-corrected chi connectivity index (χ4v) is 6.24. The molecule has 45 heavy (non-hydrogen) atoms. The smallest absolute Gasteiger partial charge is 0.319 e. The van der Waals surface area contributed by atoms with Gasteiger partial charge in [-0.2, -0.15) is 0 Å². The standard InChI is InChI=1S/C36H44N6O3/c37-35(44)31(19-16-27-10-4-1-5-11-27)40-36(45)38-29-18-20-33(42-24-22-41(23-25-42)30-14-8-3-9-15-30)32(26-29)39-34(43)21-17-28-12-6-2-7-13-28/h1-2,4-7,10-13,17-18,20-21,26,30-31H,3,8-9,14-16,19,22-25H2,(H2,37,44)(H,39,43)(H2,38,40,45)/b21-17+. The van der Waals surface area contributed by atoms with E-state index in [1.165, 1.54) is 38.2 Å². The summed E-state index contributed by atoms with van der Waals surface area (Å²) < 4.78 is 0. The number of nitrogens with zero attached hydrogens (tertiary/aromatic N) is 2. The van der Waals surface area contributed by atoms with Crippen LogP contribution in [0.3, 0.4) is 0 Å². The molecule has 4 amide bonds. The molecule has 236 valence electrons. The Morgan fingerprint density at radius 3 is 2.22 bits per heavy atom. The molecule has 5 rings (SSSR count). The molecule has 0 bridgehead atoms. The second-order valence-electron chi connectivity index (χ2n) is 11.9. The fourth-order valence-electron chi connectivity index (χ4n) is 6.24. The number of aryl methyl sites for hydroxylation is 1. The lowest BCUT2D eigenvalue weighted by Crippen LogP contribution is -2.51. The zero-order chi connectivity index (χ0) is 31.4. The molecule has 5 N–H and O–H groups in total. The molecule has 1 saturated carbocycles. The summed E-state index contributed by atoms with van der Waals surface area (Å²) in [6.45, 7) is 3.67. The summed E-state index contributed by atoms with van der Waals surface area (Å²) in [5, 5.41) is 8.57. The van der Waals surface area contributed by atoms with Gasteiger partial charge >= 0.3 is 6.03 Å². The molecule has 1 saturated heterocycles. The highest BCUT2D eigenvalue weighted by atomic mass is 16.2. The van der Waals surface area contributed by atoms with E-state index < -0.39 is 18.0 Å². The number of piperazine rings is 1. The molecule has 3 aromatic carbocycles. The molecule has 1 heterocycles. The van der Waals surface area contributed by atoms with Crippen LogP contribution in [0.1, 0.15) is 49.7 Å². The van der Waals surface area contributed by atoms with Gasteiger partial charge in [0.1, 0.15) is 6.04 Å². The normalized spacial score (nSPS) is 16.7. The molecule has 9 nitrogen and oxygen atoms in total. The first kappa shape index (κ1) is 31.8. The van der Waals surface area contributed by atoms with Crippen LogP contribution in [0.5, 0.6) is 0 Å². The number of rotatable bonds is 11. The van der Waals surface area contributed by atoms with Crippen LogP contribution in [0.4, 0.5) is 21.9 Å². The second kappa shape index (κ2) is 15.9. The molecule has 0 aromatic heterocycles. The molecule has 0 spiro atoms. The molecule has 3 aromatic rings. The van der Waals surface area contributed by atoms with Gasteiger partial charge in [-0.15, -0.1) is 0 Å². The maximum Gasteiger partial charge on any atom is 0.319 e. The Labute approximate surface area is 265 Å². The van der Waals surface area contributed by atoms with Crippen molar-refractivity contribution in [2.75, 3.05) is 41.7 Å². The van der Waals surface area contributed by atoms with E-state index in [0.717, 1.165) is 43.0 Å². The molecular formula is C36H44N6O3. The summed E-state index contributed by atoms with van der Waals surface area (Å²) in [5.41, 5.74) is 9.60. The zero-order valence-electron chi connectivity index (χ0n) is 25.8. The Morgan fingerprint density at radius 2 is 1.53 bits per heavy atom. The summed E-state index contributed by atoms with van der Waals surface area (Å²) in [5.74, 6) is -0.862. The number of nitrogens with one attached hydrogen (secondary N) is 3. The van der Waals surface area contributed by atoms with E-state index in [2.05, 4.69) is 25.8 Å². The largest absolute Gasteiger partial charge is 0.368 e. The van der Waals surface area contributed by atoms with Gasteiger partial charge in [-0.1, -0.05) is 79.9 Å². The van der Waals surface area contributed by atoms with Crippen LogP contribution < -0.4 is 26.6 Å². The lowest BCUT2D eigenvalue weighted by atomic mass is 9.94. The van der Waals surface area contributed by atoms with E-state index in [9.17, 15) is 14.4 Å². The van der Waals surface area contributed by atoms with Gasteiger partial charge in [-0.05, 0) is 61.1 Å². The average molecular weight is 609 g/mol. The summed E-state index contributed by atoms with van der Waals surface area (Å²) in [4.78, 5) is 43.0. The summed E-state index contributed by atoms with van der Waals surface area (Å²) in [6.07, 6.45) is 10.8. The third-order valence-electron chi connectivity index (χ3n) is 8.70. The highest BCUT2D eigenvalue weighted by Crippen LogP contribution is 2.32. The van der Waals surface area contributed by atoms with Crippen molar-refractivity contribution >= 4 is 41.0 Å². The molecule has 2 aliphatic rings. The van der Waals surface area contributed by atoms with Crippen molar-refractivity contribution < 1.29 is 14.4 Å². The quantitative estimate of drug-likeness (QED) is 0.217. The van der Waals surface area contributed by atoms with Gasteiger partial charge in [0.05, 0.1) is 11.4 Å². The number of hydrogen-bond acceptors (Lipinski definition) is 5. The molecule has 1 aliphatic carbocycles. The van der Waals surface area contributed by atoms with Crippen molar-refractivity contribution in [1.29, 1.82) is 0 Å². The van der Waals surface area contributed by atoms with Gasteiger partial charge < -0.3 is 26.6 Å². The summed E-state index contributed by atoms with van der Waals surface area (Å²) in [6, 6.07) is 24.2. The Hall–Kier alpha value is -4.63. The lowest BCUT2D eigenvalue weighted by Gasteiger charge is -2.42. The van der Waals surface area contributed by atoms with Crippen molar-refractivity contribution in [2.24, 2.45) is 5.73 Å². The summed E-state index contributed by atoms with van der Waals surface area (Å²) >= 11 is 0. The third-order valence-corrected chi connectivity index (χ3v) is 8.70. The van der Waals surface area contributed by atoms with Gasteiger partial charge in [-0.3, -0.25) is 14.5 Å². The van der Waals surface area contributed by atoms with Gasteiger partial charge in [0.25, 0.3) is 0 Å². The van der Waals surface area contributed by atoms with Crippen LogP contribution in [0.25, 0.3) is 6.08 Å². The van der Waals surface area contributed by atoms with E-state index >= 15 is 0 Å². The molecular weight excluding hydrogens is 564 g/mol. The maximum atomic E-state index is 13.0. The Kier molecular flexibility index (Phi) is 11.2. The Morgan fingerprint density at radius 1 is 0.844 bits per heavy atom. The number of anilines is 3. The Balaban J connectivity index is 1.27. The van der Waals surface area contributed by atoms with Crippen molar-refractivity contribution in [3.8, 4) is 0 Å². The second-order valence-corrected chi connectivity index (χ2v) is 11.9.